The van der Waals surface area contributed by atoms with Crippen molar-refractivity contribution >= 4 is 17.2 Å². The second-order valence-electron chi connectivity index (χ2n) is 5.01. The van der Waals surface area contributed by atoms with Gasteiger partial charge in [0.1, 0.15) is 5.75 Å². The molecule has 1 aromatic rings. The lowest BCUT2D eigenvalue weighted by Gasteiger charge is -2.34. The van der Waals surface area contributed by atoms with E-state index in [4.69, 9.17) is 22.7 Å². The number of rotatable bonds is 6. The van der Waals surface area contributed by atoms with E-state index in [1.807, 2.05) is 12.1 Å². The Kier molecular flexibility index (Phi) is 5.76. The third kappa shape index (κ3) is 3.91. The van der Waals surface area contributed by atoms with Crippen molar-refractivity contribution in [2.24, 2.45) is 5.73 Å². The molecule has 1 aliphatic rings. The van der Waals surface area contributed by atoms with Crippen LogP contribution in [0.15, 0.2) is 24.3 Å². The molecule has 1 unspecified atom stereocenters. The molecule has 0 aliphatic carbocycles. The van der Waals surface area contributed by atoms with Crippen LogP contribution < -0.4 is 15.8 Å². The smallest absolute Gasteiger partial charge is 0.119 e. The molecule has 1 saturated heterocycles. The summed E-state index contributed by atoms with van der Waals surface area (Å²) in [6, 6.07) is 8.12. The number of hydrogen-bond donors (Lipinski definition) is 2. The Balaban J connectivity index is 2.17. The normalized spacial score (nSPS) is 17.6. The number of thiocarbonyl (C=S) groups is 1. The topological polar surface area (TPSA) is 50.5 Å². The van der Waals surface area contributed by atoms with Crippen LogP contribution in [-0.2, 0) is 0 Å². The molecule has 2 rings (SSSR count). The number of ether oxygens (including phenoxy) is 1. The quantitative estimate of drug-likeness (QED) is 0.782. The second-order valence-corrected chi connectivity index (χ2v) is 5.48. The molecule has 5 heteroatoms. The molecule has 1 aromatic carbocycles. The fraction of sp³-hybridized carbons (Fsp3) is 0.533. The van der Waals surface area contributed by atoms with Gasteiger partial charge in [-0.2, -0.15) is 0 Å². The van der Waals surface area contributed by atoms with Gasteiger partial charge in [0.15, 0.2) is 0 Å². The Morgan fingerprint density at radius 1 is 1.45 bits per heavy atom. The Hall–Kier alpha value is -1.17. The molecule has 3 N–H and O–H groups in total. The van der Waals surface area contributed by atoms with Crippen molar-refractivity contribution in [1.29, 1.82) is 0 Å². The van der Waals surface area contributed by atoms with Crippen LogP contribution in [0.1, 0.15) is 24.9 Å². The molecular weight excluding hydrogens is 270 g/mol. The van der Waals surface area contributed by atoms with Gasteiger partial charge in [0, 0.05) is 26.2 Å². The lowest BCUT2D eigenvalue weighted by molar-refractivity contribution is 0.214. The zero-order chi connectivity index (χ0) is 14.4. The Morgan fingerprint density at radius 2 is 2.20 bits per heavy atom. The molecule has 4 nitrogen and oxygen atoms in total. The van der Waals surface area contributed by atoms with Crippen molar-refractivity contribution in [1.82, 2.24) is 10.2 Å². The highest BCUT2D eigenvalue weighted by Gasteiger charge is 2.24. The van der Waals surface area contributed by atoms with Crippen LogP contribution in [0, 0.1) is 0 Å². The number of nitrogens with one attached hydrogen (secondary N) is 1. The first-order valence-electron chi connectivity index (χ1n) is 7.19. The lowest BCUT2D eigenvalue weighted by Crippen LogP contribution is -2.48. The maximum Gasteiger partial charge on any atom is 0.119 e. The van der Waals surface area contributed by atoms with E-state index in [-0.39, 0.29) is 6.04 Å². The maximum atomic E-state index is 5.98. The minimum atomic E-state index is -0.00252. The van der Waals surface area contributed by atoms with Gasteiger partial charge < -0.3 is 15.8 Å². The number of benzene rings is 1. The lowest BCUT2D eigenvalue weighted by atomic mass is 10.0. The third-order valence-corrected chi connectivity index (χ3v) is 3.66. The average molecular weight is 293 g/mol. The molecule has 0 spiro atoms. The summed E-state index contributed by atoms with van der Waals surface area (Å²) in [5.74, 6) is 0.890. The highest BCUT2D eigenvalue weighted by Crippen LogP contribution is 2.25. The first kappa shape index (κ1) is 15.2. The first-order chi connectivity index (χ1) is 9.72. The Bertz CT molecular complexity index is 446. The van der Waals surface area contributed by atoms with Crippen LogP contribution >= 0.6 is 12.2 Å². The van der Waals surface area contributed by atoms with Gasteiger partial charge in [0.05, 0.1) is 17.6 Å². The van der Waals surface area contributed by atoms with Crippen LogP contribution in [0.4, 0.5) is 0 Å². The van der Waals surface area contributed by atoms with Gasteiger partial charge in [0.25, 0.3) is 0 Å². The molecular formula is C15H23N3OS. The van der Waals surface area contributed by atoms with E-state index >= 15 is 0 Å². The van der Waals surface area contributed by atoms with Crippen molar-refractivity contribution in [2.45, 2.75) is 19.4 Å². The van der Waals surface area contributed by atoms with Crippen molar-refractivity contribution in [3.63, 3.8) is 0 Å². The van der Waals surface area contributed by atoms with E-state index in [1.165, 1.54) is 0 Å². The van der Waals surface area contributed by atoms with Gasteiger partial charge in [-0.3, -0.25) is 4.90 Å². The molecule has 110 valence electrons. The maximum absolute atomic E-state index is 5.98. The van der Waals surface area contributed by atoms with Crippen LogP contribution in [0.5, 0.6) is 5.75 Å². The predicted octanol–water partition coefficient (Wildman–Crippen LogP) is 1.71. The number of piperazine rings is 1. The van der Waals surface area contributed by atoms with Crippen molar-refractivity contribution < 1.29 is 4.74 Å². The molecule has 1 fully saturated rings. The zero-order valence-electron chi connectivity index (χ0n) is 12.0. The van der Waals surface area contributed by atoms with E-state index in [0.29, 0.717) is 4.99 Å². The number of nitrogens with zero attached hydrogens (tertiary/aromatic N) is 1. The van der Waals surface area contributed by atoms with Crippen LogP contribution in [0.3, 0.4) is 0 Å². The van der Waals surface area contributed by atoms with E-state index in [0.717, 1.165) is 50.5 Å². The van der Waals surface area contributed by atoms with Gasteiger partial charge in [-0.25, -0.2) is 0 Å². The molecule has 0 amide bonds. The number of nitrogens with two attached hydrogens (primary N) is 1. The van der Waals surface area contributed by atoms with Crippen LogP contribution in [0.2, 0.25) is 0 Å². The summed E-state index contributed by atoms with van der Waals surface area (Å²) >= 11 is 5.29. The molecule has 20 heavy (non-hydrogen) atoms. The zero-order valence-corrected chi connectivity index (χ0v) is 12.8. The van der Waals surface area contributed by atoms with E-state index in [9.17, 15) is 0 Å². The van der Waals surface area contributed by atoms with Gasteiger partial charge in [-0.05, 0) is 24.1 Å². The summed E-state index contributed by atoms with van der Waals surface area (Å²) in [6.45, 7) is 6.71. The molecule has 1 heterocycles. The van der Waals surface area contributed by atoms with Gasteiger partial charge in [-0.15, -0.1) is 0 Å². The highest BCUT2D eigenvalue weighted by atomic mass is 32.1. The summed E-state index contributed by atoms with van der Waals surface area (Å²) < 4.78 is 5.70. The SMILES string of the molecule is CCCOc1cccc(C(C(N)=S)N2CCNCC2)c1. The largest absolute Gasteiger partial charge is 0.494 e. The number of hydrogen-bond acceptors (Lipinski definition) is 4. The molecule has 1 atom stereocenters. The molecule has 1 aliphatic heterocycles. The van der Waals surface area contributed by atoms with E-state index in [2.05, 4.69) is 29.3 Å². The monoisotopic (exact) mass is 293 g/mol. The van der Waals surface area contributed by atoms with Crippen molar-refractivity contribution in [3.8, 4) is 5.75 Å². The molecule has 0 bridgehead atoms. The second kappa shape index (κ2) is 7.57. The Labute approximate surface area is 126 Å². The van der Waals surface area contributed by atoms with Crippen molar-refractivity contribution in [2.75, 3.05) is 32.8 Å². The summed E-state index contributed by atoms with van der Waals surface area (Å²) in [4.78, 5) is 2.86. The minimum absolute atomic E-state index is 0.00252. The summed E-state index contributed by atoms with van der Waals surface area (Å²) in [6.07, 6.45) is 1.00. The fourth-order valence-corrected chi connectivity index (χ4v) is 2.77. The Morgan fingerprint density at radius 3 is 2.85 bits per heavy atom. The van der Waals surface area contributed by atoms with E-state index in [1.54, 1.807) is 0 Å². The fourth-order valence-electron chi connectivity index (χ4n) is 2.49. The highest BCUT2D eigenvalue weighted by molar-refractivity contribution is 7.80. The summed E-state index contributed by atoms with van der Waals surface area (Å²) in [5, 5.41) is 3.35. The standard InChI is InChI=1S/C15H23N3OS/c1-2-10-19-13-5-3-4-12(11-13)14(15(16)20)18-8-6-17-7-9-18/h3-5,11,14,17H,2,6-10H2,1H3,(H2,16,20). The molecule has 0 radical (unpaired) electrons. The van der Waals surface area contributed by atoms with E-state index < -0.39 is 0 Å². The third-order valence-electron chi connectivity index (χ3n) is 3.43. The molecule has 0 aromatic heterocycles. The van der Waals surface area contributed by atoms with Crippen LogP contribution in [0.25, 0.3) is 0 Å². The van der Waals surface area contributed by atoms with Gasteiger partial charge in [0.2, 0.25) is 0 Å². The van der Waals surface area contributed by atoms with Gasteiger partial charge in [-0.1, -0.05) is 31.3 Å². The predicted molar refractivity (Wildman–Crippen MR) is 86.2 cm³/mol. The minimum Gasteiger partial charge on any atom is -0.494 e. The summed E-state index contributed by atoms with van der Waals surface area (Å²) in [7, 11) is 0. The molecule has 0 saturated carbocycles. The van der Waals surface area contributed by atoms with Crippen LogP contribution in [-0.4, -0.2) is 42.7 Å². The summed E-state index contributed by atoms with van der Waals surface area (Å²) in [5.41, 5.74) is 7.10. The van der Waals surface area contributed by atoms with Gasteiger partial charge >= 0.3 is 0 Å². The van der Waals surface area contributed by atoms with Crippen molar-refractivity contribution in [3.05, 3.63) is 29.8 Å². The first-order valence-corrected chi connectivity index (χ1v) is 7.60. The average Bonchev–Trinajstić information content (AvgIpc) is 2.46.